The minimum absolute atomic E-state index is 0.0902. The summed E-state index contributed by atoms with van der Waals surface area (Å²) in [6, 6.07) is 7.70. The second kappa shape index (κ2) is 7.10. The minimum atomic E-state index is 0.0902. The van der Waals surface area contributed by atoms with Gasteiger partial charge in [0.1, 0.15) is 5.75 Å². The summed E-state index contributed by atoms with van der Waals surface area (Å²) in [7, 11) is 1.65. The normalized spacial score (nSPS) is 20.4. The standard InChI is InChI=1S/C17H23N3O3/c1-4-14-11-20(9-10-22-14)12(2)16-18-19-17(23-16)13-5-7-15(21-3)8-6-13/h5-8,12,14H,4,9-11H2,1-3H3/t12-,14+/m0/s1. The number of hydrogen-bond donors (Lipinski definition) is 0. The Balaban J connectivity index is 1.72. The van der Waals surface area contributed by atoms with Gasteiger partial charge in [0.05, 0.1) is 25.9 Å². The Morgan fingerprint density at radius 3 is 2.78 bits per heavy atom. The molecule has 6 heteroatoms. The van der Waals surface area contributed by atoms with Crippen molar-refractivity contribution in [3.63, 3.8) is 0 Å². The van der Waals surface area contributed by atoms with E-state index in [0.29, 0.717) is 11.8 Å². The zero-order chi connectivity index (χ0) is 16.2. The van der Waals surface area contributed by atoms with E-state index in [0.717, 1.165) is 37.4 Å². The fourth-order valence-corrected chi connectivity index (χ4v) is 2.75. The molecular formula is C17H23N3O3. The zero-order valence-electron chi connectivity index (χ0n) is 13.9. The fourth-order valence-electron chi connectivity index (χ4n) is 2.75. The number of benzene rings is 1. The Morgan fingerprint density at radius 1 is 1.30 bits per heavy atom. The van der Waals surface area contributed by atoms with Crippen LogP contribution in [0.2, 0.25) is 0 Å². The first kappa shape index (κ1) is 16.0. The molecule has 0 radical (unpaired) electrons. The van der Waals surface area contributed by atoms with Gasteiger partial charge in [-0.15, -0.1) is 10.2 Å². The maximum Gasteiger partial charge on any atom is 0.247 e. The molecule has 0 unspecified atom stereocenters. The van der Waals surface area contributed by atoms with Gasteiger partial charge in [-0.05, 0) is 37.6 Å². The van der Waals surface area contributed by atoms with E-state index in [4.69, 9.17) is 13.9 Å². The molecule has 2 aromatic rings. The van der Waals surface area contributed by atoms with Gasteiger partial charge in [-0.2, -0.15) is 0 Å². The van der Waals surface area contributed by atoms with Crippen molar-refractivity contribution in [1.82, 2.24) is 15.1 Å². The smallest absolute Gasteiger partial charge is 0.247 e. The van der Waals surface area contributed by atoms with Gasteiger partial charge in [0.25, 0.3) is 0 Å². The molecule has 0 bridgehead atoms. The van der Waals surface area contributed by atoms with Gasteiger partial charge in [0, 0.05) is 18.7 Å². The van der Waals surface area contributed by atoms with Crippen LogP contribution >= 0.6 is 0 Å². The van der Waals surface area contributed by atoms with Crippen LogP contribution < -0.4 is 4.74 Å². The minimum Gasteiger partial charge on any atom is -0.497 e. The molecule has 0 N–H and O–H groups in total. The lowest BCUT2D eigenvalue weighted by Gasteiger charge is -2.35. The Morgan fingerprint density at radius 2 is 2.09 bits per heavy atom. The molecule has 0 spiro atoms. The number of rotatable bonds is 5. The van der Waals surface area contributed by atoms with Crippen molar-refractivity contribution in [2.75, 3.05) is 26.8 Å². The number of ether oxygens (including phenoxy) is 2. The Bertz CT molecular complexity index is 626. The highest BCUT2D eigenvalue weighted by Crippen LogP contribution is 2.26. The Hall–Kier alpha value is -1.92. The summed E-state index contributed by atoms with van der Waals surface area (Å²) >= 11 is 0. The second-order valence-corrected chi connectivity index (χ2v) is 5.75. The van der Waals surface area contributed by atoms with E-state index in [-0.39, 0.29) is 12.1 Å². The number of morpholine rings is 1. The van der Waals surface area contributed by atoms with Crippen molar-refractivity contribution in [3.05, 3.63) is 30.2 Å². The molecule has 1 aliphatic rings. The van der Waals surface area contributed by atoms with E-state index in [1.165, 1.54) is 0 Å². The molecular weight excluding hydrogens is 294 g/mol. The van der Waals surface area contributed by atoms with Gasteiger partial charge in [0.15, 0.2) is 0 Å². The first-order chi connectivity index (χ1) is 11.2. The van der Waals surface area contributed by atoms with Crippen LogP contribution in [-0.2, 0) is 4.74 Å². The monoisotopic (exact) mass is 317 g/mol. The van der Waals surface area contributed by atoms with Crippen molar-refractivity contribution in [2.24, 2.45) is 0 Å². The highest BCUT2D eigenvalue weighted by atomic mass is 16.5. The average Bonchev–Trinajstić information content (AvgIpc) is 3.11. The molecule has 1 aromatic carbocycles. The topological polar surface area (TPSA) is 60.6 Å². The molecule has 1 saturated heterocycles. The molecule has 0 saturated carbocycles. The Labute approximate surface area is 136 Å². The van der Waals surface area contributed by atoms with Crippen LogP contribution in [-0.4, -0.2) is 48.0 Å². The van der Waals surface area contributed by atoms with E-state index in [9.17, 15) is 0 Å². The summed E-state index contributed by atoms with van der Waals surface area (Å²) in [6.45, 7) is 6.79. The number of nitrogens with zero attached hydrogens (tertiary/aromatic N) is 3. The zero-order valence-corrected chi connectivity index (χ0v) is 13.9. The van der Waals surface area contributed by atoms with Crippen molar-refractivity contribution in [2.45, 2.75) is 32.4 Å². The largest absolute Gasteiger partial charge is 0.497 e. The lowest BCUT2D eigenvalue weighted by atomic mass is 10.2. The van der Waals surface area contributed by atoms with Gasteiger partial charge in [0.2, 0.25) is 11.8 Å². The van der Waals surface area contributed by atoms with E-state index >= 15 is 0 Å². The lowest BCUT2D eigenvalue weighted by molar-refractivity contribution is -0.0456. The Kier molecular flexibility index (Phi) is 4.93. The summed E-state index contributed by atoms with van der Waals surface area (Å²) in [5.74, 6) is 1.99. The maximum atomic E-state index is 5.88. The van der Waals surface area contributed by atoms with Crippen LogP contribution in [0.1, 0.15) is 32.2 Å². The van der Waals surface area contributed by atoms with Crippen LogP contribution in [0.4, 0.5) is 0 Å². The molecule has 23 heavy (non-hydrogen) atoms. The first-order valence-corrected chi connectivity index (χ1v) is 8.04. The third-order valence-electron chi connectivity index (χ3n) is 4.31. The van der Waals surface area contributed by atoms with E-state index in [2.05, 4.69) is 28.9 Å². The molecule has 3 rings (SSSR count). The maximum absolute atomic E-state index is 5.88. The van der Waals surface area contributed by atoms with Crippen molar-refractivity contribution in [3.8, 4) is 17.2 Å². The molecule has 2 heterocycles. The average molecular weight is 317 g/mol. The van der Waals surface area contributed by atoms with E-state index < -0.39 is 0 Å². The van der Waals surface area contributed by atoms with Crippen molar-refractivity contribution in [1.29, 1.82) is 0 Å². The number of hydrogen-bond acceptors (Lipinski definition) is 6. The van der Waals surface area contributed by atoms with Gasteiger partial charge >= 0.3 is 0 Å². The third-order valence-corrected chi connectivity index (χ3v) is 4.31. The summed E-state index contributed by atoms with van der Waals surface area (Å²) in [4.78, 5) is 2.34. The van der Waals surface area contributed by atoms with Crippen LogP contribution in [0.15, 0.2) is 28.7 Å². The highest BCUT2D eigenvalue weighted by molar-refractivity contribution is 5.53. The molecule has 6 nitrogen and oxygen atoms in total. The second-order valence-electron chi connectivity index (χ2n) is 5.75. The summed E-state index contributed by atoms with van der Waals surface area (Å²) < 4.78 is 16.8. The molecule has 1 fully saturated rings. The van der Waals surface area contributed by atoms with Crippen LogP contribution in [0, 0.1) is 0 Å². The first-order valence-electron chi connectivity index (χ1n) is 8.04. The fraction of sp³-hybridized carbons (Fsp3) is 0.529. The summed E-state index contributed by atoms with van der Waals surface area (Å²) in [5, 5.41) is 8.41. The van der Waals surface area contributed by atoms with E-state index in [1.807, 2.05) is 24.3 Å². The molecule has 1 aliphatic heterocycles. The summed E-state index contributed by atoms with van der Waals surface area (Å²) in [5.41, 5.74) is 0.894. The third kappa shape index (κ3) is 3.54. The van der Waals surface area contributed by atoms with Crippen LogP contribution in [0.25, 0.3) is 11.5 Å². The predicted molar refractivity (Wildman–Crippen MR) is 86.3 cm³/mol. The number of aromatic nitrogens is 2. The van der Waals surface area contributed by atoms with Gasteiger partial charge in [-0.3, -0.25) is 4.90 Å². The molecule has 0 aliphatic carbocycles. The molecule has 2 atom stereocenters. The van der Waals surface area contributed by atoms with Gasteiger partial charge in [-0.25, -0.2) is 0 Å². The van der Waals surface area contributed by atoms with Crippen LogP contribution in [0.5, 0.6) is 5.75 Å². The molecule has 124 valence electrons. The number of methoxy groups -OCH3 is 1. The SMILES string of the molecule is CC[C@@H]1CN([C@@H](C)c2nnc(-c3ccc(OC)cc3)o2)CCO1. The van der Waals surface area contributed by atoms with Crippen molar-refractivity contribution < 1.29 is 13.9 Å². The molecule has 1 aromatic heterocycles. The van der Waals surface area contributed by atoms with Gasteiger partial charge in [-0.1, -0.05) is 6.92 Å². The van der Waals surface area contributed by atoms with Crippen LogP contribution in [0.3, 0.4) is 0 Å². The van der Waals surface area contributed by atoms with Gasteiger partial charge < -0.3 is 13.9 Å². The van der Waals surface area contributed by atoms with Crippen molar-refractivity contribution >= 4 is 0 Å². The lowest BCUT2D eigenvalue weighted by Crippen LogP contribution is -2.43. The predicted octanol–water partition coefficient (Wildman–Crippen LogP) is 2.92. The highest BCUT2D eigenvalue weighted by Gasteiger charge is 2.27. The summed E-state index contributed by atoms with van der Waals surface area (Å²) in [6.07, 6.45) is 1.31. The molecule has 0 amide bonds. The quantitative estimate of drug-likeness (QED) is 0.845. The van der Waals surface area contributed by atoms with E-state index in [1.54, 1.807) is 7.11 Å².